The van der Waals surface area contributed by atoms with Crippen LogP contribution in [-0.2, 0) is 16.0 Å². The normalized spacial score (nSPS) is 16.0. The van der Waals surface area contributed by atoms with Gasteiger partial charge in [0.25, 0.3) is 0 Å². The standard InChI is InChI=1S/C20H31F3N4O3/c1-3-24-19(27-9-6-17(7-10-27)29-12-4-11-28-2)26-14-16-5-8-25-18(13-16)30-15-20(21,22)23/h5,8,13,17H,3-4,6-7,9-12,14-15H2,1-2H3,(H,24,26). The van der Waals surface area contributed by atoms with E-state index in [1.807, 2.05) is 6.92 Å². The summed E-state index contributed by atoms with van der Waals surface area (Å²) >= 11 is 0. The van der Waals surface area contributed by atoms with Crippen molar-refractivity contribution in [2.24, 2.45) is 4.99 Å². The lowest BCUT2D eigenvalue weighted by atomic mass is 10.1. The average molecular weight is 432 g/mol. The van der Waals surface area contributed by atoms with E-state index in [-0.39, 0.29) is 12.0 Å². The Balaban J connectivity index is 1.87. The van der Waals surface area contributed by atoms with Crippen molar-refractivity contribution in [1.29, 1.82) is 0 Å². The topological polar surface area (TPSA) is 68.2 Å². The number of ether oxygens (including phenoxy) is 3. The summed E-state index contributed by atoms with van der Waals surface area (Å²) in [5, 5.41) is 3.28. The number of guanidine groups is 1. The number of aliphatic imine (C=N–C) groups is 1. The van der Waals surface area contributed by atoms with Crippen LogP contribution in [0.5, 0.6) is 5.88 Å². The minimum atomic E-state index is -4.40. The molecule has 1 aliphatic rings. The molecule has 1 fully saturated rings. The monoisotopic (exact) mass is 432 g/mol. The van der Waals surface area contributed by atoms with Crippen LogP contribution >= 0.6 is 0 Å². The van der Waals surface area contributed by atoms with E-state index in [0.29, 0.717) is 19.8 Å². The largest absolute Gasteiger partial charge is 0.468 e. The predicted octanol–water partition coefficient (Wildman–Crippen LogP) is 3.01. The minimum absolute atomic E-state index is 0.0588. The van der Waals surface area contributed by atoms with Gasteiger partial charge in [-0.2, -0.15) is 13.2 Å². The van der Waals surface area contributed by atoms with E-state index in [2.05, 4.69) is 20.2 Å². The summed E-state index contributed by atoms with van der Waals surface area (Å²) in [7, 11) is 1.68. The van der Waals surface area contributed by atoms with Crippen LogP contribution in [-0.4, -0.2) is 74.7 Å². The van der Waals surface area contributed by atoms with Crippen molar-refractivity contribution in [3.05, 3.63) is 23.9 Å². The molecule has 2 rings (SSSR count). The lowest BCUT2D eigenvalue weighted by Crippen LogP contribution is -2.47. The van der Waals surface area contributed by atoms with Gasteiger partial charge in [-0.25, -0.2) is 9.98 Å². The summed E-state index contributed by atoms with van der Waals surface area (Å²) in [6.07, 6.45) is 0.00400. The maximum atomic E-state index is 12.3. The number of nitrogens with zero attached hydrogens (tertiary/aromatic N) is 3. The second-order valence-corrected chi connectivity index (χ2v) is 6.98. The lowest BCUT2D eigenvalue weighted by molar-refractivity contribution is -0.154. The smallest absolute Gasteiger partial charge is 0.422 e. The molecule has 1 aromatic rings. The van der Waals surface area contributed by atoms with Crippen molar-refractivity contribution in [2.75, 3.05) is 46.6 Å². The zero-order chi connectivity index (χ0) is 21.8. The highest BCUT2D eigenvalue weighted by Gasteiger charge is 2.28. The van der Waals surface area contributed by atoms with E-state index in [0.717, 1.165) is 50.4 Å². The highest BCUT2D eigenvalue weighted by molar-refractivity contribution is 5.80. The molecular formula is C20H31F3N4O3. The Kier molecular flexibility index (Phi) is 10.2. The molecule has 0 saturated carbocycles. The van der Waals surface area contributed by atoms with Crippen molar-refractivity contribution in [3.63, 3.8) is 0 Å². The van der Waals surface area contributed by atoms with Crippen LogP contribution in [0.1, 0.15) is 31.7 Å². The van der Waals surface area contributed by atoms with Crippen molar-refractivity contribution < 1.29 is 27.4 Å². The van der Waals surface area contributed by atoms with E-state index in [4.69, 9.17) is 14.2 Å². The van der Waals surface area contributed by atoms with Gasteiger partial charge in [0.2, 0.25) is 5.88 Å². The lowest BCUT2D eigenvalue weighted by Gasteiger charge is -2.34. The van der Waals surface area contributed by atoms with Gasteiger partial charge >= 0.3 is 6.18 Å². The van der Waals surface area contributed by atoms with Gasteiger partial charge in [-0.15, -0.1) is 0 Å². The summed E-state index contributed by atoms with van der Waals surface area (Å²) in [6, 6.07) is 3.20. The number of pyridine rings is 1. The number of likely N-dealkylation sites (tertiary alicyclic amines) is 1. The fraction of sp³-hybridized carbons (Fsp3) is 0.700. The number of nitrogens with one attached hydrogen (secondary N) is 1. The molecule has 1 N–H and O–H groups in total. The molecule has 0 spiro atoms. The van der Waals surface area contributed by atoms with Gasteiger partial charge in [0, 0.05) is 52.2 Å². The Labute approximate surface area is 175 Å². The van der Waals surface area contributed by atoms with Crippen molar-refractivity contribution in [1.82, 2.24) is 15.2 Å². The van der Waals surface area contributed by atoms with Gasteiger partial charge in [-0.1, -0.05) is 0 Å². The Hall–Kier alpha value is -2.07. The van der Waals surface area contributed by atoms with E-state index < -0.39 is 12.8 Å². The zero-order valence-corrected chi connectivity index (χ0v) is 17.6. The summed E-state index contributed by atoms with van der Waals surface area (Å²) in [5.74, 6) is 0.723. The fourth-order valence-corrected chi connectivity index (χ4v) is 3.06. The number of alkyl halides is 3. The Morgan fingerprint density at radius 1 is 1.30 bits per heavy atom. The van der Waals surface area contributed by atoms with Crippen LogP contribution in [0.15, 0.2) is 23.3 Å². The first kappa shape index (κ1) is 24.2. The minimum Gasteiger partial charge on any atom is -0.468 e. The van der Waals surface area contributed by atoms with Gasteiger partial charge in [0.15, 0.2) is 12.6 Å². The Morgan fingerprint density at radius 3 is 2.73 bits per heavy atom. The van der Waals surface area contributed by atoms with Crippen LogP contribution in [0, 0.1) is 0 Å². The van der Waals surface area contributed by atoms with Crippen LogP contribution in [0.3, 0.4) is 0 Å². The van der Waals surface area contributed by atoms with Gasteiger partial charge in [0.1, 0.15) is 0 Å². The van der Waals surface area contributed by atoms with E-state index in [1.54, 1.807) is 13.2 Å². The molecule has 0 atom stereocenters. The summed E-state index contributed by atoms with van der Waals surface area (Å²) in [4.78, 5) is 10.6. The molecule has 2 heterocycles. The number of methoxy groups -OCH3 is 1. The molecule has 1 aliphatic heterocycles. The Morgan fingerprint density at radius 2 is 2.07 bits per heavy atom. The second-order valence-electron chi connectivity index (χ2n) is 6.98. The molecule has 0 aromatic carbocycles. The highest BCUT2D eigenvalue weighted by Crippen LogP contribution is 2.18. The maximum absolute atomic E-state index is 12.3. The molecular weight excluding hydrogens is 401 g/mol. The summed E-state index contributed by atoms with van der Waals surface area (Å²) in [5.41, 5.74) is 0.730. The van der Waals surface area contributed by atoms with E-state index >= 15 is 0 Å². The van der Waals surface area contributed by atoms with E-state index in [9.17, 15) is 13.2 Å². The average Bonchev–Trinajstić information content (AvgIpc) is 2.73. The fourth-order valence-electron chi connectivity index (χ4n) is 3.06. The summed E-state index contributed by atoms with van der Waals surface area (Å²) in [6.45, 7) is 4.74. The van der Waals surface area contributed by atoms with Gasteiger partial charge < -0.3 is 24.4 Å². The molecule has 10 heteroatoms. The SMILES string of the molecule is CCNC(=NCc1ccnc(OCC(F)(F)F)c1)N1CCC(OCCCOC)CC1. The van der Waals surface area contributed by atoms with Crippen molar-refractivity contribution in [3.8, 4) is 5.88 Å². The van der Waals surface area contributed by atoms with Crippen molar-refractivity contribution in [2.45, 2.75) is 45.0 Å². The predicted molar refractivity (Wildman–Crippen MR) is 108 cm³/mol. The molecule has 1 aromatic heterocycles. The number of hydrogen-bond acceptors (Lipinski definition) is 5. The third-order valence-corrected chi connectivity index (χ3v) is 4.52. The molecule has 7 nitrogen and oxygen atoms in total. The van der Waals surface area contributed by atoms with Gasteiger partial charge in [-0.3, -0.25) is 0 Å². The first-order valence-electron chi connectivity index (χ1n) is 10.2. The van der Waals surface area contributed by atoms with Crippen LogP contribution < -0.4 is 10.1 Å². The molecule has 0 aliphatic carbocycles. The number of hydrogen-bond donors (Lipinski definition) is 1. The molecule has 0 radical (unpaired) electrons. The molecule has 0 bridgehead atoms. The van der Waals surface area contributed by atoms with Crippen LogP contribution in [0.4, 0.5) is 13.2 Å². The molecule has 0 amide bonds. The number of piperidine rings is 1. The Bertz CT molecular complexity index is 650. The second kappa shape index (κ2) is 12.6. The molecule has 170 valence electrons. The number of halogens is 3. The van der Waals surface area contributed by atoms with Crippen LogP contribution in [0.2, 0.25) is 0 Å². The van der Waals surface area contributed by atoms with E-state index in [1.165, 1.54) is 12.3 Å². The van der Waals surface area contributed by atoms with Gasteiger partial charge in [-0.05, 0) is 37.8 Å². The first-order chi connectivity index (χ1) is 14.4. The quantitative estimate of drug-likeness (QED) is 0.348. The van der Waals surface area contributed by atoms with Gasteiger partial charge in [0.05, 0.1) is 12.6 Å². The molecule has 0 unspecified atom stereocenters. The van der Waals surface area contributed by atoms with Crippen LogP contribution in [0.25, 0.3) is 0 Å². The zero-order valence-electron chi connectivity index (χ0n) is 17.6. The molecule has 1 saturated heterocycles. The number of rotatable bonds is 10. The molecule has 30 heavy (non-hydrogen) atoms. The summed E-state index contributed by atoms with van der Waals surface area (Å²) < 4.78 is 52.6. The highest BCUT2D eigenvalue weighted by atomic mass is 19.4. The first-order valence-corrected chi connectivity index (χ1v) is 10.2. The third-order valence-electron chi connectivity index (χ3n) is 4.52. The number of aromatic nitrogens is 1. The maximum Gasteiger partial charge on any atom is 0.422 e. The van der Waals surface area contributed by atoms with Crippen molar-refractivity contribution >= 4 is 5.96 Å². The third kappa shape index (κ3) is 9.17.